The van der Waals surface area contributed by atoms with Gasteiger partial charge >= 0.3 is 0 Å². The van der Waals surface area contributed by atoms with Gasteiger partial charge in [0, 0.05) is 19.7 Å². The van der Waals surface area contributed by atoms with Crippen molar-refractivity contribution in [1.82, 2.24) is 20.0 Å². The predicted octanol–water partition coefficient (Wildman–Crippen LogP) is 4.53. The molecule has 0 aliphatic carbocycles. The van der Waals surface area contributed by atoms with Gasteiger partial charge in [0.15, 0.2) is 11.6 Å². The Morgan fingerprint density at radius 2 is 1.88 bits per heavy atom. The number of hydrogen-bond acceptors (Lipinski definition) is 6. The van der Waals surface area contributed by atoms with E-state index in [0.29, 0.717) is 42.3 Å². The standard InChI is InChI=1S/C25H28FN5O2/c1-5-33-19-11-12-21(20(26)15-19)31-17(3)23-16(2)27-28-25(24(23)29-31)30(4)14-13-22(32)18-9-7-6-8-10-18/h6-12,15,22,32H,5,13-14H2,1-4H3/t22-/m1/s1. The van der Waals surface area contributed by atoms with Gasteiger partial charge in [-0.25, -0.2) is 9.07 Å². The zero-order valence-electron chi connectivity index (χ0n) is 19.3. The highest BCUT2D eigenvalue weighted by Crippen LogP contribution is 2.30. The molecule has 0 saturated carbocycles. The van der Waals surface area contributed by atoms with E-state index in [1.54, 1.807) is 16.8 Å². The van der Waals surface area contributed by atoms with Crippen molar-refractivity contribution in [1.29, 1.82) is 0 Å². The summed E-state index contributed by atoms with van der Waals surface area (Å²) in [6, 6.07) is 14.3. The molecular weight excluding hydrogens is 421 g/mol. The number of aliphatic hydroxyl groups is 1. The molecule has 2 heterocycles. The van der Waals surface area contributed by atoms with Gasteiger partial charge in [-0.1, -0.05) is 30.3 Å². The third-order valence-corrected chi connectivity index (χ3v) is 5.73. The van der Waals surface area contributed by atoms with Gasteiger partial charge in [-0.05, 0) is 44.9 Å². The number of aliphatic hydroxyl groups excluding tert-OH is 1. The molecule has 33 heavy (non-hydrogen) atoms. The first-order valence-corrected chi connectivity index (χ1v) is 11.0. The quantitative estimate of drug-likeness (QED) is 0.426. The van der Waals surface area contributed by atoms with Crippen molar-refractivity contribution in [3.05, 3.63) is 71.3 Å². The van der Waals surface area contributed by atoms with E-state index in [4.69, 9.17) is 9.84 Å². The smallest absolute Gasteiger partial charge is 0.179 e. The molecule has 7 nitrogen and oxygen atoms in total. The van der Waals surface area contributed by atoms with Gasteiger partial charge in [-0.15, -0.1) is 5.10 Å². The molecular formula is C25H28FN5O2. The van der Waals surface area contributed by atoms with Crippen LogP contribution in [0.1, 0.15) is 36.4 Å². The average molecular weight is 450 g/mol. The van der Waals surface area contributed by atoms with Crippen LogP contribution in [0.15, 0.2) is 48.5 Å². The summed E-state index contributed by atoms with van der Waals surface area (Å²) < 4.78 is 21.9. The predicted molar refractivity (Wildman–Crippen MR) is 127 cm³/mol. The molecule has 0 bridgehead atoms. The summed E-state index contributed by atoms with van der Waals surface area (Å²) in [6.45, 7) is 6.63. The molecule has 0 unspecified atom stereocenters. The first-order chi connectivity index (χ1) is 15.9. The Morgan fingerprint density at radius 3 is 2.58 bits per heavy atom. The molecule has 4 aromatic rings. The van der Waals surface area contributed by atoms with E-state index in [0.717, 1.165) is 22.3 Å². The van der Waals surface area contributed by atoms with Crippen molar-refractivity contribution < 1.29 is 14.2 Å². The molecule has 0 aliphatic heterocycles. The van der Waals surface area contributed by atoms with Crippen LogP contribution in [0.2, 0.25) is 0 Å². The van der Waals surface area contributed by atoms with Gasteiger partial charge in [0.1, 0.15) is 17.0 Å². The number of halogens is 1. The summed E-state index contributed by atoms with van der Waals surface area (Å²) in [4.78, 5) is 1.92. The third-order valence-electron chi connectivity index (χ3n) is 5.73. The zero-order chi connectivity index (χ0) is 23.5. The van der Waals surface area contributed by atoms with Gasteiger partial charge in [-0.2, -0.15) is 10.2 Å². The highest BCUT2D eigenvalue weighted by molar-refractivity contribution is 5.92. The molecule has 1 atom stereocenters. The van der Waals surface area contributed by atoms with Crippen molar-refractivity contribution in [2.24, 2.45) is 0 Å². The highest BCUT2D eigenvalue weighted by atomic mass is 19.1. The second kappa shape index (κ2) is 9.54. The lowest BCUT2D eigenvalue weighted by Crippen LogP contribution is -2.22. The van der Waals surface area contributed by atoms with Crippen LogP contribution in [0.5, 0.6) is 5.75 Å². The Morgan fingerprint density at radius 1 is 1.12 bits per heavy atom. The molecule has 0 fully saturated rings. The van der Waals surface area contributed by atoms with Gasteiger partial charge in [0.05, 0.1) is 29.5 Å². The molecule has 0 spiro atoms. The minimum absolute atomic E-state index is 0.333. The van der Waals surface area contributed by atoms with Crippen molar-refractivity contribution in [2.45, 2.75) is 33.3 Å². The number of aryl methyl sites for hydroxylation is 2. The maximum absolute atomic E-state index is 14.9. The normalized spacial score (nSPS) is 12.2. The summed E-state index contributed by atoms with van der Waals surface area (Å²) in [6.07, 6.45) is -0.0649. The molecule has 0 radical (unpaired) electrons. The van der Waals surface area contributed by atoms with E-state index in [1.807, 2.05) is 63.1 Å². The number of benzene rings is 2. The van der Waals surface area contributed by atoms with Crippen LogP contribution in [0, 0.1) is 19.7 Å². The van der Waals surface area contributed by atoms with E-state index < -0.39 is 11.9 Å². The van der Waals surface area contributed by atoms with Crippen LogP contribution in [0.25, 0.3) is 16.6 Å². The molecule has 2 aromatic heterocycles. The Bertz CT molecular complexity index is 1260. The monoisotopic (exact) mass is 449 g/mol. The van der Waals surface area contributed by atoms with Crippen molar-refractivity contribution in [3.63, 3.8) is 0 Å². The summed E-state index contributed by atoms with van der Waals surface area (Å²) in [7, 11) is 1.89. The van der Waals surface area contributed by atoms with E-state index in [2.05, 4.69) is 10.2 Å². The fraction of sp³-hybridized carbons (Fsp3) is 0.320. The Kier molecular flexibility index (Phi) is 6.55. The summed E-state index contributed by atoms with van der Waals surface area (Å²) in [5.41, 5.74) is 3.35. The lowest BCUT2D eigenvalue weighted by atomic mass is 10.1. The number of rotatable bonds is 8. The van der Waals surface area contributed by atoms with Crippen molar-refractivity contribution in [2.75, 3.05) is 25.1 Å². The number of fused-ring (bicyclic) bond motifs is 1. The first kappa shape index (κ1) is 22.7. The Hall–Kier alpha value is -3.52. The lowest BCUT2D eigenvalue weighted by Gasteiger charge is -2.20. The van der Waals surface area contributed by atoms with E-state index in [9.17, 15) is 9.50 Å². The molecule has 172 valence electrons. The van der Waals surface area contributed by atoms with E-state index >= 15 is 0 Å². The van der Waals surface area contributed by atoms with Crippen LogP contribution in [-0.4, -0.2) is 45.3 Å². The zero-order valence-corrected chi connectivity index (χ0v) is 19.3. The lowest BCUT2D eigenvalue weighted by molar-refractivity contribution is 0.170. The maximum atomic E-state index is 14.9. The summed E-state index contributed by atoms with van der Waals surface area (Å²) >= 11 is 0. The topological polar surface area (TPSA) is 76.3 Å². The summed E-state index contributed by atoms with van der Waals surface area (Å²) in [5.74, 6) is 0.644. The molecule has 1 N–H and O–H groups in total. The SMILES string of the molecule is CCOc1ccc(-n2nc3c(N(C)CC[C@@H](O)c4ccccc4)nnc(C)c3c2C)c(F)c1. The van der Waals surface area contributed by atoms with Gasteiger partial charge in [0.25, 0.3) is 0 Å². The number of ether oxygens (including phenoxy) is 1. The highest BCUT2D eigenvalue weighted by Gasteiger charge is 2.21. The number of hydrogen-bond donors (Lipinski definition) is 1. The van der Waals surface area contributed by atoms with Crippen LogP contribution >= 0.6 is 0 Å². The van der Waals surface area contributed by atoms with Crippen molar-refractivity contribution >= 4 is 16.7 Å². The first-order valence-electron chi connectivity index (χ1n) is 11.0. The van der Waals surface area contributed by atoms with Gasteiger partial charge in [0.2, 0.25) is 0 Å². The Labute approximate surface area is 192 Å². The fourth-order valence-electron chi connectivity index (χ4n) is 3.98. The molecule has 0 aliphatic rings. The Balaban J connectivity index is 1.66. The molecule has 2 aromatic carbocycles. The van der Waals surface area contributed by atoms with Crippen molar-refractivity contribution in [3.8, 4) is 11.4 Å². The van der Waals surface area contributed by atoms with E-state index in [-0.39, 0.29) is 0 Å². The second-order valence-electron chi connectivity index (χ2n) is 8.01. The number of aromatic nitrogens is 4. The molecule has 0 saturated heterocycles. The number of nitrogens with zero attached hydrogens (tertiary/aromatic N) is 5. The van der Waals surface area contributed by atoms with Crippen LogP contribution in [0.4, 0.5) is 10.2 Å². The number of anilines is 1. The summed E-state index contributed by atoms with van der Waals surface area (Å²) in [5, 5.41) is 24.8. The third kappa shape index (κ3) is 4.52. The van der Waals surface area contributed by atoms with Gasteiger partial charge in [-0.3, -0.25) is 0 Å². The molecule has 4 rings (SSSR count). The minimum atomic E-state index is -0.584. The maximum Gasteiger partial charge on any atom is 0.179 e. The van der Waals surface area contributed by atoms with Crippen LogP contribution in [0.3, 0.4) is 0 Å². The largest absolute Gasteiger partial charge is 0.494 e. The van der Waals surface area contributed by atoms with Crippen LogP contribution in [-0.2, 0) is 0 Å². The average Bonchev–Trinajstić information content (AvgIpc) is 3.16. The van der Waals surface area contributed by atoms with Gasteiger partial charge < -0.3 is 14.7 Å². The van der Waals surface area contributed by atoms with E-state index in [1.165, 1.54) is 6.07 Å². The molecule has 8 heteroatoms. The molecule has 0 amide bonds. The van der Waals surface area contributed by atoms with Crippen LogP contribution < -0.4 is 9.64 Å². The fourth-order valence-corrected chi connectivity index (χ4v) is 3.98. The second-order valence-corrected chi connectivity index (χ2v) is 8.01. The minimum Gasteiger partial charge on any atom is -0.494 e.